The summed E-state index contributed by atoms with van der Waals surface area (Å²) in [5.74, 6) is 1.08. The Kier molecular flexibility index (Phi) is 4.64. The van der Waals surface area contributed by atoms with Crippen molar-refractivity contribution >= 4 is 23.4 Å². The monoisotopic (exact) mass is 264 g/mol. The van der Waals surface area contributed by atoms with Crippen LogP contribution in [0.3, 0.4) is 0 Å². The van der Waals surface area contributed by atoms with Crippen molar-refractivity contribution in [2.75, 3.05) is 24.2 Å². The van der Waals surface area contributed by atoms with Crippen molar-refractivity contribution in [1.29, 1.82) is 0 Å². The maximum Gasteiger partial charge on any atom is 0.161 e. The molecule has 0 aliphatic carbocycles. The van der Waals surface area contributed by atoms with Gasteiger partial charge in [0.2, 0.25) is 0 Å². The van der Waals surface area contributed by atoms with E-state index in [0.29, 0.717) is 5.56 Å². The first-order valence-corrected chi connectivity index (χ1v) is 7.74. The van der Waals surface area contributed by atoms with Gasteiger partial charge in [-0.2, -0.15) is 11.8 Å². The lowest BCUT2D eigenvalue weighted by Crippen LogP contribution is -2.25. The Bertz CT molecular complexity index is 405. The van der Waals surface area contributed by atoms with E-state index >= 15 is 0 Å². The van der Waals surface area contributed by atoms with Crippen molar-refractivity contribution in [3.8, 4) is 0 Å². The number of anilines is 1. The Balaban J connectivity index is 2.04. The third-order valence-corrected chi connectivity index (χ3v) is 4.62. The smallest absolute Gasteiger partial charge is 0.161 e. The molecule has 1 unspecified atom stereocenters. The summed E-state index contributed by atoms with van der Waals surface area (Å²) in [5, 5.41) is 0.784. The van der Waals surface area contributed by atoms with Crippen LogP contribution in [-0.2, 0) is 0 Å². The molecule has 1 aliphatic rings. The number of carbonyl (C=O) groups excluding carboxylic acids is 1. The van der Waals surface area contributed by atoms with Crippen LogP contribution in [0.25, 0.3) is 0 Å². The van der Waals surface area contributed by atoms with Gasteiger partial charge in [-0.15, -0.1) is 0 Å². The van der Waals surface area contributed by atoms with Gasteiger partial charge in [-0.25, -0.2) is 4.98 Å². The number of thioether (sulfide) groups is 1. The lowest BCUT2D eigenvalue weighted by Gasteiger charge is -2.21. The molecule has 1 aliphatic heterocycles. The number of nitrogens with zero attached hydrogens (tertiary/aromatic N) is 2. The number of hydrogen-bond donors (Lipinski definition) is 0. The zero-order chi connectivity index (χ0) is 13.0. The Morgan fingerprint density at radius 1 is 1.39 bits per heavy atom. The van der Waals surface area contributed by atoms with Crippen LogP contribution in [0, 0.1) is 0 Å². The molecule has 0 N–H and O–H groups in total. The quantitative estimate of drug-likeness (QED) is 0.786. The van der Waals surface area contributed by atoms with E-state index < -0.39 is 0 Å². The molecule has 0 radical (unpaired) electrons. The van der Waals surface area contributed by atoms with Gasteiger partial charge < -0.3 is 4.90 Å². The van der Waals surface area contributed by atoms with Crippen LogP contribution in [0.15, 0.2) is 18.3 Å². The second-order valence-corrected chi connectivity index (χ2v) is 5.87. The average Bonchev–Trinajstić information content (AvgIpc) is 2.64. The molecule has 1 fully saturated rings. The van der Waals surface area contributed by atoms with E-state index in [2.05, 4.69) is 16.1 Å². The SMILES string of the molecule is CSC1CCCN(c2ccc(C(C)=O)cn2)CC1. The maximum absolute atomic E-state index is 11.2. The van der Waals surface area contributed by atoms with Crippen LogP contribution < -0.4 is 4.90 Å². The molecule has 4 heteroatoms. The zero-order valence-electron chi connectivity index (χ0n) is 11.1. The van der Waals surface area contributed by atoms with Crippen molar-refractivity contribution in [2.24, 2.45) is 0 Å². The van der Waals surface area contributed by atoms with Crippen molar-refractivity contribution in [1.82, 2.24) is 4.98 Å². The minimum atomic E-state index is 0.0763. The molecule has 0 spiro atoms. The molecule has 2 rings (SSSR count). The Hall–Kier alpha value is -1.03. The molecule has 18 heavy (non-hydrogen) atoms. The number of pyridine rings is 1. The minimum Gasteiger partial charge on any atom is -0.357 e. The predicted molar refractivity (Wildman–Crippen MR) is 77.6 cm³/mol. The highest BCUT2D eigenvalue weighted by molar-refractivity contribution is 7.99. The molecule has 1 saturated heterocycles. The summed E-state index contributed by atoms with van der Waals surface area (Å²) < 4.78 is 0. The Morgan fingerprint density at radius 2 is 2.22 bits per heavy atom. The largest absolute Gasteiger partial charge is 0.357 e. The van der Waals surface area contributed by atoms with Gasteiger partial charge in [0.25, 0.3) is 0 Å². The van der Waals surface area contributed by atoms with Crippen molar-refractivity contribution in [3.05, 3.63) is 23.9 Å². The highest BCUT2D eigenvalue weighted by Crippen LogP contribution is 2.23. The average molecular weight is 264 g/mol. The second kappa shape index (κ2) is 6.23. The molecule has 1 aromatic rings. The van der Waals surface area contributed by atoms with E-state index in [1.165, 1.54) is 19.3 Å². The normalized spacial score (nSPS) is 20.6. The van der Waals surface area contributed by atoms with Crippen molar-refractivity contribution < 1.29 is 4.79 Å². The van der Waals surface area contributed by atoms with E-state index in [1.807, 2.05) is 23.9 Å². The summed E-state index contributed by atoms with van der Waals surface area (Å²) in [4.78, 5) is 18.0. The van der Waals surface area contributed by atoms with E-state index in [0.717, 1.165) is 24.2 Å². The third kappa shape index (κ3) is 3.25. The number of carbonyl (C=O) groups is 1. The van der Waals surface area contributed by atoms with Gasteiger partial charge in [0.05, 0.1) is 0 Å². The van der Waals surface area contributed by atoms with E-state index in [9.17, 15) is 4.79 Å². The first-order chi connectivity index (χ1) is 8.70. The molecular weight excluding hydrogens is 244 g/mol. The molecule has 1 atom stereocenters. The molecule has 98 valence electrons. The highest BCUT2D eigenvalue weighted by Gasteiger charge is 2.17. The fourth-order valence-corrected chi connectivity index (χ4v) is 3.06. The summed E-state index contributed by atoms with van der Waals surface area (Å²) in [6.45, 7) is 3.72. The summed E-state index contributed by atoms with van der Waals surface area (Å²) in [6, 6.07) is 3.85. The molecule has 0 saturated carbocycles. The van der Waals surface area contributed by atoms with Gasteiger partial charge in [0.15, 0.2) is 5.78 Å². The molecule has 1 aromatic heterocycles. The zero-order valence-corrected chi connectivity index (χ0v) is 11.9. The molecular formula is C14H20N2OS. The summed E-state index contributed by atoms with van der Waals surface area (Å²) in [6.07, 6.45) is 7.62. The number of rotatable bonds is 3. The maximum atomic E-state index is 11.2. The Morgan fingerprint density at radius 3 is 2.83 bits per heavy atom. The third-order valence-electron chi connectivity index (χ3n) is 3.49. The van der Waals surface area contributed by atoms with Crippen molar-refractivity contribution in [2.45, 2.75) is 31.4 Å². The highest BCUT2D eigenvalue weighted by atomic mass is 32.2. The van der Waals surface area contributed by atoms with E-state index in [-0.39, 0.29) is 5.78 Å². The van der Waals surface area contributed by atoms with E-state index in [4.69, 9.17) is 0 Å². The molecule has 3 nitrogen and oxygen atoms in total. The summed E-state index contributed by atoms with van der Waals surface area (Å²) in [5.41, 5.74) is 0.690. The fraction of sp³-hybridized carbons (Fsp3) is 0.571. The molecule has 0 amide bonds. The summed E-state index contributed by atoms with van der Waals surface area (Å²) in [7, 11) is 0. The standard InChI is InChI=1S/C14H20N2OS/c1-11(17)12-5-6-14(15-10-12)16-8-3-4-13(18-2)7-9-16/h5-6,10,13H,3-4,7-9H2,1-2H3. The molecule has 0 aromatic carbocycles. The van der Waals surface area contributed by atoms with Crippen LogP contribution >= 0.6 is 11.8 Å². The minimum absolute atomic E-state index is 0.0763. The number of ketones is 1. The lowest BCUT2D eigenvalue weighted by molar-refractivity contribution is 0.101. The first kappa shape index (κ1) is 13.4. The molecule has 2 heterocycles. The van der Waals surface area contributed by atoms with Gasteiger partial charge in [-0.3, -0.25) is 4.79 Å². The predicted octanol–water partition coefficient (Wildman–Crippen LogP) is 3.01. The number of hydrogen-bond acceptors (Lipinski definition) is 4. The number of aromatic nitrogens is 1. The van der Waals surface area contributed by atoms with Gasteiger partial charge >= 0.3 is 0 Å². The van der Waals surface area contributed by atoms with Gasteiger partial charge in [0.1, 0.15) is 5.82 Å². The topological polar surface area (TPSA) is 33.2 Å². The Labute approximate surface area is 113 Å². The lowest BCUT2D eigenvalue weighted by atomic mass is 10.2. The fourth-order valence-electron chi connectivity index (χ4n) is 2.31. The first-order valence-electron chi connectivity index (χ1n) is 6.45. The van der Waals surface area contributed by atoms with Crippen LogP contribution in [0.1, 0.15) is 36.5 Å². The van der Waals surface area contributed by atoms with Crippen molar-refractivity contribution in [3.63, 3.8) is 0 Å². The number of Topliss-reactive ketones (excluding diaryl/α,β-unsaturated/α-hetero) is 1. The van der Waals surface area contributed by atoms with Gasteiger partial charge in [-0.1, -0.05) is 0 Å². The molecule has 0 bridgehead atoms. The van der Waals surface area contributed by atoms with Crippen LogP contribution in [0.5, 0.6) is 0 Å². The van der Waals surface area contributed by atoms with Gasteiger partial charge in [-0.05, 0) is 44.6 Å². The van der Waals surface area contributed by atoms with E-state index in [1.54, 1.807) is 13.1 Å². The van der Waals surface area contributed by atoms with Gasteiger partial charge in [0, 0.05) is 30.1 Å². The van der Waals surface area contributed by atoms with Crippen LogP contribution in [0.2, 0.25) is 0 Å². The second-order valence-electron chi connectivity index (χ2n) is 4.74. The summed E-state index contributed by atoms with van der Waals surface area (Å²) >= 11 is 1.97. The van der Waals surface area contributed by atoms with Crippen LogP contribution in [-0.4, -0.2) is 35.4 Å². The van der Waals surface area contributed by atoms with Crippen LogP contribution in [0.4, 0.5) is 5.82 Å².